The van der Waals surface area contributed by atoms with Gasteiger partial charge in [-0.1, -0.05) is 0 Å². The number of morpholine rings is 1. The number of carboxylic acid groups (broad SMARTS) is 1. The van der Waals surface area contributed by atoms with Crippen LogP contribution in [0, 0.1) is 0 Å². The number of carbonyl (C=O) groups excluding carboxylic acids is 1. The van der Waals surface area contributed by atoms with E-state index < -0.39 is 5.97 Å². The molecule has 0 spiro atoms. The molecule has 1 aliphatic rings. The number of hydrogen-bond acceptors (Lipinski definition) is 4. The molecule has 0 bridgehead atoms. The summed E-state index contributed by atoms with van der Waals surface area (Å²) in [5.41, 5.74) is 1.19. The number of carboxylic acids is 1. The van der Waals surface area contributed by atoms with E-state index in [1.54, 1.807) is 16.2 Å². The zero-order valence-electron chi connectivity index (χ0n) is 11.1. The molecule has 2 N–H and O–H groups in total. The molecule has 1 saturated heterocycles. The first-order chi connectivity index (χ1) is 9.66. The Bertz CT molecular complexity index is 449. The summed E-state index contributed by atoms with van der Waals surface area (Å²) in [5.74, 6) is -0.920. The second-order valence-corrected chi connectivity index (χ2v) is 5.41. The summed E-state index contributed by atoms with van der Waals surface area (Å²) >= 11 is 1.63. The summed E-state index contributed by atoms with van der Waals surface area (Å²) in [6.07, 6.45) is 0.696. The van der Waals surface area contributed by atoms with Crippen molar-refractivity contribution < 1.29 is 19.4 Å². The van der Waals surface area contributed by atoms with Gasteiger partial charge in [-0.05, 0) is 28.8 Å². The number of urea groups is 1. The largest absolute Gasteiger partial charge is 0.481 e. The van der Waals surface area contributed by atoms with Crippen molar-refractivity contribution in [1.82, 2.24) is 10.2 Å². The van der Waals surface area contributed by atoms with Gasteiger partial charge in [-0.2, -0.15) is 11.3 Å². The van der Waals surface area contributed by atoms with Crippen molar-refractivity contribution in [3.8, 4) is 0 Å². The summed E-state index contributed by atoms with van der Waals surface area (Å²) in [5, 5.41) is 15.7. The number of carbonyl (C=O) groups is 2. The Hall–Kier alpha value is -1.60. The molecule has 0 aromatic carbocycles. The van der Waals surface area contributed by atoms with Gasteiger partial charge in [0, 0.05) is 13.1 Å². The van der Waals surface area contributed by atoms with Crippen molar-refractivity contribution >= 4 is 23.3 Å². The highest BCUT2D eigenvalue weighted by molar-refractivity contribution is 7.07. The Labute approximate surface area is 121 Å². The monoisotopic (exact) mass is 298 g/mol. The van der Waals surface area contributed by atoms with Gasteiger partial charge in [0.05, 0.1) is 25.7 Å². The van der Waals surface area contributed by atoms with Crippen LogP contribution in [0.3, 0.4) is 0 Å². The van der Waals surface area contributed by atoms with Crippen LogP contribution >= 0.6 is 11.3 Å². The average Bonchev–Trinajstić information content (AvgIpc) is 2.91. The zero-order chi connectivity index (χ0) is 14.4. The van der Waals surface area contributed by atoms with Crippen LogP contribution in [-0.4, -0.2) is 54.4 Å². The molecule has 1 aromatic rings. The summed E-state index contributed by atoms with van der Waals surface area (Å²) < 4.78 is 5.24. The van der Waals surface area contributed by atoms with Crippen molar-refractivity contribution in [3.63, 3.8) is 0 Å². The van der Waals surface area contributed by atoms with E-state index in [2.05, 4.69) is 5.32 Å². The van der Waals surface area contributed by atoms with E-state index in [1.807, 2.05) is 16.8 Å². The fourth-order valence-electron chi connectivity index (χ4n) is 2.14. The van der Waals surface area contributed by atoms with Crippen molar-refractivity contribution in [2.45, 2.75) is 18.9 Å². The zero-order valence-corrected chi connectivity index (χ0v) is 11.9. The predicted molar refractivity (Wildman–Crippen MR) is 75.0 cm³/mol. The first kappa shape index (κ1) is 14.8. The maximum absolute atomic E-state index is 12.1. The number of ether oxygens (including phenoxy) is 1. The second-order valence-electron chi connectivity index (χ2n) is 4.63. The van der Waals surface area contributed by atoms with Crippen molar-refractivity contribution in [2.75, 3.05) is 26.3 Å². The summed E-state index contributed by atoms with van der Waals surface area (Å²) in [6, 6.07) is 1.43. The third-order valence-electron chi connectivity index (χ3n) is 3.17. The van der Waals surface area contributed by atoms with Crippen LogP contribution in [0.1, 0.15) is 12.0 Å². The Morgan fingerprint density at radius 1 is 1.55 bits per heavy atom. The predicted octanol–water partition coefficient (Wildman–Crippen LogP) is 1.18. The maximum Gasteiger partial charge on any atom is 0.317 e. The first-order valence-corrected chi connectivity index (χ1v) is 7.46. The number of thiophene rings is 1. The van der Waals surface area contributed by atoms with Crippen LogP contribution in [0.15, 0.2) is 16.8 Å². The molecule has 1 aliphatic heterocycles. The van der Waals surface area contributed by atoms with E-state index in [0.29, 0.717) is 19.7 Å². The highest BCUT2D eigenvalue weighted by Crippen LogP contribution is 2.11. The van der Waals surface area contributed by atoms with Crippen LogP contribution in [0.5, 0.6) is 0 Å². The molecule has 6 nitrogen and oxygen atoms in total. The van der Waals surface area contributed by atoms with Crippen LogP contribution in [0.2, 0.25) is 0 Å². The molecule has 0 radical (unpaired) electrons. The SMILES string of the molecule is O=C(O)CC1COCCN1C(=O)NCCc1ccsc1. The molecule has 0 aliphatic carbocycles. The van der Waals surface area contributed by atoms with E-state index in [4.69, 9.17) is 9.84 Å². The minimum absolute atomic E-state index is 0.0854. The molecular formula is C13H18N2O4S. The van der Waals surface area contributed by atoms with E-state index in [9.17, 15) is 9.59 Å². The topological polar surface area (TPSA) is 78.9 Å². The Morgan fingerprint density at radius 2 is 2.40 bits per heavy atom. The molecule has 1 unspecified atom stereocenters. The lowest BCUT2D eigenvalue weighted by atomic mass is 10.1. The molecule has 2 amide bonds. The first-order valence-electron chi connectivity index (χ1n) is 6.52. The van der Waals surface area contributed by atoms with Gasteiger partial charge in [0.25, 0.3) is 0 Å². The highest BCUT2D eigenvalue weighted by atomic mass is 32.1. The van der Waals surface area contributed by atoms with Gasteiger partial charge in [-0.15, -0.1) is 0 Å². The third kappa shape index (κ3) is 4.21. The van der Waals surface area contributed by atoms with Crippen molar-refractivity contribution in [3.05, 3.63) is 22.4 Å². The molecule has 1 atom stereocenters. The number of amides is 2. The van der Waals surface area contributed by atoms with Gasteiger partial charge in [0.1, 0.15) is 0 Å². The minimum Gasteiger partial charge on any atom is -0.481 e. The summed E-state index contributed by atoms with van der Waals surface area (Å²) in [7, 11) is 0. The van der Waals surface area contributed by atoms with E-state index in [1.165, 1.54) is 5.56 Å². The quantitative estimate of drug-likeness (QED) is 0.855. The van der Waals surface area contributed by atoms with Crippen LogP contribution in [-0.2, 0) is 16.0 Å². The number of nitrogens with one attached hydrogen (secondary N) is 1. The number of aliphatic carboxylic acids is 1. The van der Waals surface area contributed by atoms with Crippen LogP contribution in [0.25, 0.3) is 0 Å². The average molecular weight is 298 g/mol. The molecule has 1 aromatic heterocycles. The van der Waals surface area contributed by atoms with Gasteiger partial charge >= 0.3 is 12.0 Å². The van der Waals surface area contributed by atoms with Gasteiger partial charge in [-0.3, -0.25) is 4.79 Å². The Balaban J connectivity index is 1.81. The van der Waals surface area contributed by atoms with Gasteiger partial charge in [0.15, 0.2) is 0 Å². The normalized spacial score (nSPS) is 18.8. The number of rotatable bonds is 5. The van der Waals surface area contributed by atoms with E-state index >= 15 is 0 Å². The fraction of sp³-hybridized carbons (Fsp3) is 0.538. The van der Waals surface area contributed by atoms with E-state index in [-0.39, 0.29) is 25.1 Å². The number of nitrogens with zero attached hydrogens (tertiary/aromatic N) is 1. The van der Waals surface area contributed by atoms with E-state index in [0.717, 1.165) is 6.42 Å². The highest BCUT2D eigenvalue weighted by Gasteiger charge is 2.28. The molecule has 0 saturated carbocycles. The summed E-state index contributed by atoms with van der Waals surface area (Å²) in [4.78, 5) is 24.4. The lowest BCUT2D eigenvalue weighted by Crippen LogP contribution is -2.53. The molecule has 2 heterocycles. The smallest absolute Gasteiger partial charge is 0.317 e. The van der Waals surface area contributed by atoms with Gasteiger partial charge < -0.3 is 20.1 Å². The molecular weight excluding hydrogens is 280 g/mol. The second kappa shape index (κ2) is 7.25. The fourth-order valence-corrected chi connectivity index (χ4v) is 2.85. The van der Waals surface area contributed by atoms with Gasteiger partial charge in [0.2, 0.25) is 0 Å². The molecule has 2 rings (SSSR count). The third-order valence-corrected chi connectivity index (χ3v) is 3.90. The summed E-state index contributed by atoms with van der Waals surface area (Å²) in [6.45, 7) is 1.72. The maximum atomic E-state index is 12.1. The lowest BCUT2D eigenvalue weighted by Gasteiger charge is -2.34. The Morgan fingerprint density at radius 3 is 3.10 bits per heavy atom. The molecule has 20 heavy (non-hydrogen) atoms. The van der Waals surface area contributed by atoms with Crippen LogP contribution in [0.4, 0.5) is 4.79 Å². The van der Waals surface area contributed by atoms with Crippen molar-refractivity contribution in [1.29, 1.82) is 0 Å². The molecule has 110 valence electrons. The number of hydrogen-bond donors (Lipinski definition) is 2. The van der Waals surface area contributed by atoms with Gasteiger partial charge in [-0.25, -0.2) is 4.79 Å². The lowest BCUT2D eigenvalue weighted by molar-refractivity contribution is -0.139. The molecule has 7 heteroatoms. The molecule has 1 fully saturated rings. The minimum atomic E-state index is -0.920. The van der Waals surface area contributed by atoms with Crippen molar-refractivity contribution in [2.24, 2.45) is 0 Å². The Kier molecular flexibility index (Phi) is 5.37. The standard InChI is InChI=1S/C13H18N2O4S/c16-12(17)7-11-8-19-5-4-15(11)13(18)14-3-1-10-2-6-20-9-10/h2,6,9,11H,1,3-5,7-8H2,(H,14,18)(H,16,17). The van der Waals surface area contributed by atoms with Crippen LogP contribution < -0.4 is 5.32 Å².